The third-order valence-electron chi connectivity index (χ3n) is 6.36. The average molecular weight is 523 g/mol. The van der Waals surface area contributed by atoms with Crippen LogP contribution in [0.4, 0.5) is 10.1 Å². The Balaban J connectivity index is 1.27. The molecule has 0 fully saturated rings. The summed E-state index contributed by atoms with van der Waals surface area (Å²) in [7, 11) is 0. The van der Waals surface area contributed by atoms with Crippen molar-refractivity contribution >= 4 is 35.3 Å². The van der Waals surface area contributed by atoms with Crippen molar-refractivity contribution in [3.63, 3.8) is 0 Å². The Morgan fingerprint density at radius 2 is 1.58 bits per heavy atom. The Bertz CT molecular complexity index is 1470. The number of halogens is 1. The van der Waals surface area contributed by atoms with Crippen LogP contribution in [0.3, 0.4) is 0 Å². The van der Waals surface area contributed by atoms with Crippen LogP contribution in [0.5, 0.6) is 0 Å². The minimum Gasteiger partial charge on any atom is -0.352 e. The van der Waals surface area contributed by atoms with E-state index in [-0.39, 0.29) is 24.2 Å². The molecule has 4 aromatic rings. The summed E-state index contributed by atoms with van der Waals surface area (Å²) in [4.78, 5) is 29.1. The zero-order chi connectivity index (χ0) is 26.3. The topological polar surface area (TPSA) is 49.4 Å². The van der Waals surface area contributed by atoms with Gasteiger partial charge in [0.05, 0.1) is 17.1 Å². The predicted molar refractivity (Wildman–Crippen MR) is 151 cm³/mol. The lowest BCUT2D eigenvalue weighted by Crippen LogP contribution is -2.34. The summed E-state index contributed by atoms with van der Waals surface area (Å²) in [5, 5.41) is 2.97. The maximum absolute atomic E-state index is 14.4. The Labute approximate surface area is 226 Å². The number of rotatable bonds is 8. The van der Waals surface area contributed by atoms with E-state index in [0.29, 0.717) is 22.6 Å². The highest BCUT2D eigenvalue weighted by molar-refractivity contribution is 8.04. The van der Waals surface area contributed by atoms with Gasteiger partial charge in [-0.25, -0.2) is 4.39 Å². The maximum atomic E-state index is 14.4. The second-order valence-electron chi connectivity index (χ2n) is 9.03. The number of amides is 2. The molecule has 1 aliphatic rings. The lowest BCUT2D eigenvalue weighted by Gasteiger charge is -2.30. The van der Waals surface area contributed by atoms with E-state index in [2.05, 4.69) is 17.4 Å². The van der Waals surface area contributed by atoms with Gasteiger partial charge in [-0.2, -0.15) is 0 Å². The molecule has 0 aromatic heterocycles. The first kappa shape index (κ1) is 25.5. The fourth-order valence-electron chi connectivity index (χ4n) is 4.34. The summed E-state index contributed by atoms with van der Waals surface area (Å²) >= 11 is 1.40. The van der Waals surface area contributed by atoms with Gasteiger partial charge in [-0.3, -0.25) is 9.59 Å². The molecule has 38 heavy (non-hydrogen) atoms. The number of anilines is 1. The van der Waals surface area contributed by atoms with Crippen LogP contribution in [0.25, 0.3) is 6.08 Å². The summed E-state index contributed by atoms with van der Waals surface area (Å²) in [5.74, 6) is -0.641. The number of nitrogens with one attached hydrogen (secondary N) is 1. The van der Waals surface area contributed by atoms with E-state index in [1.807, 2.05) is 60.7 Å². The summed E-state index contributed by atoms with van der Waals surface area (Å²) < 4.78 is 14.4. The molecule has 190 valence electrons. The lowest BCUT2D eigenvalue weighted by atomic mass is 10.1. The number of para-hydroxylation sites is 1. The molecular formula is C32H27FN2O2S. The van der Waals surface area contributed by atoms with E-state index in [4.69, 9.17) is 0 Å². The van der Waals surface area contributed by atoms with E-state index in [1.54, 1.807) is 35.2 Å². The molecule has 0 spiro atoms. The fraction of sp³-hybridized carbons (Fsp3) is 0.125. The number of aryl methyl sites for hydroxylation is 1. The number of hydrogen-bond acceptors (Lipinski definition) is 3. The quantitative estimate of drug-likeness (QED) is 0.203. The highest BCUT2D eigenvalue weighted by atomic mass is 32.2. The molecule has 1 N–H and O–H groups in total. The second-order valence-corrected chi connectivity index (χ2v) is 10.1. The molecule has 1 aliphatic heterocycles. The minimum absolute atomic E-state index is 0.120. The van der Waals surface area contributed by atoms with Crippen LogP contribution in [0.15, 0.2) is 113 Å². The van der Waals surface area contributed by atoms with Crippen LogP contribution >= 0.6 is 11.8 Å². The van der Waals surface area contributed by atoms with Crippen molar-refractivity contribution in [3.8, 4) is 0 Å². The van der Waals surface area contributed by atoms with Crippen LogP contribution < -0.4 is 10.2 Å². The molecule has 0 saturated heterocycles. The van der Waals surface area contributed by atoms with Crippen molar-refractivity contribution in [2.45, 2.75) is 24.3 Å². The van der Waals surface area contributed by atoms with Gasteiger partial charge in [-0.1, -0.05) is 84.6 Å². The van der Waals surface area contributed by atoms with Gasteiger partial charge in [0.15, 0.2) is 0 Å². The van der Waals surface area contributed by atoms with E-state index in [1.165, 1.54) is 23.4 Å². The monoisotopic (exact) mass is 522 g/mol. The van der Waals surface area contributed by atoms with E-state index in [0.717, 1.165) is 29.0 Å². The van der Waals surface area contributed by atoms with Crippen molar-refractivity contribution in [1.29, 1.82) is 0 Å². The Hall–Kier alpha value is -4.16. The standard InChI is InChI=1S/C32H27FN2O2S/c33-27-13-5-4-12-26(27)22-35-28-14-6-7-15-29(28)38-30(32(35)37)21-24-16-18-25(19-17-24)31(36)34-20-8-11-23-9-2-1-3-10-23/h1-7,9-10,12-19,21H,8,11,20,22H2,(H,34,36). The molecule has 2 amide bonds. The van der Waals surface area contributed by atoms with Gasteiger partial charge in [0.2, 0.25) is 0 Å². The number of carbonyl (C=O) groups is 2. The molecule has 0 radical (unpaired) electrons. The molecule has 0 saturated carbocycles. The Morgan fingerprint density at radius 3 is 2.37 bits per heavy atom. The first-order valence-corrected chi connectivity index (χ1v) is 13.4. The first-order chi connectivity index (χ1) is 18.6. The van der Waals surface area contributed by atoms with Gasteiger partial charge < -0.3 is 10.2 Å². The summed E-state index contributed by atoms with van der Waals surface area (Å²) in [6, 6.07) is 31.6. The minimum atomic E-state index is -0.338. The van der Waals surface area contributed by atoms with Gasteiger partial charge in [0.1, 0.15) is 5.82 Å². The summed E-state index contributed by atoms with van der Waals surface area (Å²) in [5.41, 5.74) is 3.86. The molecule has 0 unspecified atom stereocenters. The van der Waals surface area contributed by atoms with Crippen LogP contribution in [0.1, 0.15) is 33.5 Å². The maximum Gasteiger partial charge on any atom is 0.265 e. The van der Waals surface area contributed by atoms with E-state index in [9.17, 15) is 14.0 Å². The smallest absolute Gasteiger partial charge is 0.265 e. The van der Waals surface area contributed by atoms with Crippen molar-refractivity contribution < 1.29 is 14.0 Å². The van der Waals surface area contributed by atoms with Crippen LogP contribution in [-0.2, 0) is 17.8 Å². The van der Waals surface area contributed by atoms with Gasteiger partial charge >= 0.3 is 0 Å². The zero-order valence-corrected chi connectivity index (χ0v) is 21.6. The zero-order valence-electron chi connectivity index (χ0n) is 20.8. The molecule has 0 atom stereocenters. The van der Waals surface area contributed by atoms with Crippen LogP contribution in [0.2, 0.25) is 0 Å². The van der Waals surface area contributed by atoms with E-state index >= 15 is 0 Å². The second kappa shape index (κ2) is 11.9. The van der Waals surface area contributed by atoms with Crippen molar-refractivity contribution in [2.24, 2.45) is 0 Å². The average Bonchev–Trinajstić information content (AvgIpc) is 2.95. The molecule has 4 aromatic carbocycles. The number of hydrogen-bond donors (Lipinski definition) is 1. The lowest BCUT2D eigenvalue weighted by molar-refractivity contribution is -0.114. The largest absolute Gasteiger partial charge is 0.352 e. The van der Waals surface area contributed by atoms with E-state index < -0.39 is 0 Å². The predicted octanol–water partition coefficient (Wildman–Crippen LogP) is 6.87. The van der Waals surface area contributed by atoms with Crippen molar-refractivity contribution in [2.75, 3.05) is 11.4 Å². The number of benzene rings is 4. The van der Waals surface area contributed by atoms with Gasteiger partial charge in [0, 0.05) is 22.6 Å². The number of thioether (sulfide) groups is 1. The third kappa shape index (κ3) is 6.03. The summed E-state index contributed by atoms with van der Waals surface area (Å²) in [6.45, 7) is 0.742. The van der Waals surface area contributed by atoms with Gasteiger partial charge in [0.25, 0.3) is 11.8 Å². The molecule has 5 rings (SSSR count). The van der Waals surface area contributed by atoms with Crippen molar-refractivity contribution in [3.05, 3.63) is 136 Å². The normalized spacial score (nSPS) is 13.9. The first-order valence-electron chi connectivity index (χ1n) is 12.5. The van der Waals surface area contributed by atoms with Gasteiger partial charge in [-0.15, -0.1) is 0 Å². The third-order valence-corrected chi connectivity index (χ3v) is 7.44. The summed E-state index contributed by atoms with van der Waals surface area (Å²) in [6.07, 6.45) is 3.60. The number of carbonyl (C=O) groups excluding carboxylic acids is 2. The molecular weight excluding hydrogens is 495 g/mol. The Kier molecular flexibility index (Phi) is 8.00. The van der Waals surface area contributed by atoms with Crippen LogP contribution in [0, 0.1) is 5.82 Å². The van der Waals surface area contributed by atoms with Gasteiger partial charge in [-0.05, 0) is 60.4 Å². The molecule has 0 aliphatic carbocycles. The number of fused-ring (bicyclic) bond motifs is 1. The molecule has 4 nitrogen and oxygen atoms in total. The highest BCUT2D eigenvalue weighted by Crippen LogP contribution is 2.42. The number of nitrogens with zero attached hydrogens (tertiary/aromatic N) is 1. The highest BCUT2D eigenvalue weighted by Gasteiger charge is 2.29. The molecule has 6 heteroatoms. The molecule has 1 heterocycles. The fourth-order valence-corrected chi connectivity index (χ4v) is 5.40. The Morgan fingerprint density at radius 1 is 0.868 bits per heavy atom. The van der Waals surface area contributed by atoms with Crippen LogP contribution in [-0.4, -0.2) is 18.4 Å². The molecule has 0 bridgehead atoms. The SMILES string of the molecule is O=C(NCCCc1ccccc1)c1ccc(C=C2Sc3ccccc3N(Cc3ccccc3F)C2=O)cc1. The van der Waals surface area contributed by atoms with Crippen molar-refractivity contribution in [1.82, 2.24) is 5.32 Å².